The summed E-state index contributed by atoms with van der Waals surface area (Å²) in [5.74, 6) is 0. The van der Waals surface area contributed by atoms with E-state index >= 15 is 0 Å². The van der Waals surface area contributed by atoms with Crippen LogP contribution in [0, 0.1) is 0 Å². The van der Waals surface area contributed by atoms with E-state index in [2.05, 4.69) is 265 Å². The smallest absolute Gasteiger partial charge is 0.141 e. The Hall–Kier alpha value is -8.86. The first kappa shape index (κ1) is 40.2. The monoisotopic (exact) mass is 894 g/mol. The summed E-state index contributed by atoms with van der Waals surface area (Å²) < 4.78 is 0. The van der Waals surface area contributed by atoms with Crippen LogP contribution in [0.25, 0.3) is 76.5 Å². The summed E-state index contributed by atoms with van der Waals surface area (Å²) in [6.07, 6.45) is 17.1. The maximum atomic E-state index is 5.30. The fourth-order valence-corrected chi connectivity index (χ4v) is 11.8. The molecular weight excluding hydrogens is 849 g/mol. The van der Waals surface area contributed by atoms with Gasteiger partial charge >= 0.3 is 0 Å². The number of hydrogen-bond donors (Lipinski definition) is 0. The lowest BCUT2D eigenvalue weighted by Crippen LogP contribution is -2.29. The lowest BCUT2D eigenvalue weighted by Gasteiger charge is -2.29. The average molecular weight is 895 g/mol. The zero-order valence-corrected chi connectivity index (χ0v) is 38.3. The second-order valence-corrected chi connectivity index (χ2v) is 18.7. The van der Waals surface area contributed by atoms with E-state index in [1.165, 1.54) is 87.6 Å². The van der Waals surface area contributed by atoms with E-state index in [1.807, 2.05) is 0 Å². The number of aliphatic imine (C=N–C) groups is 2. The van der Waals surface area contributed by atoms with Crippen molar-refractivity contribution in [1.29, 1.82) is 0 Å². The van der Waals surface area contributed by atoms with Crippen LogP contribution in [-0.4, -0.2) is 33.6 Å². The highest BCUT2D eigenvalue weighted by Crippen LogP contribution is 2.50. The third-order valence-corrected chi connectivity index (χ3v) is 14.9. The predicted octanol–water partition coefficient (Wildman–Crippen LogP) is 15.8. The van der Waals surface area contributed by atoms with Gasteiger partial charge in [0.05, 0.1) is 23.5 Å². The molecule has 0 aliphatic carbocycles. The molecule has 0 spiro atoms. The lowest BCUT2D eigenvalue weighted by molar-refractivity contribution is 0.321. The molecule has 4 unspecified atom stereocenters. The van der Waals surface area contributed by atoms with Crippen LogP contribution in [0.15, 0.2) is 265 Å². The van der Waals surface area contributed by atoms with Crippen molar-refractivity contribution in [1.82, 2.24) is 9.80 Å². The van der Waals surface area contributed by atoms with Crippen LogP contribution in [0.3, 0.4) is 0 Å². The molecule has 10 aromatic carbocycles. The molecule has 4 heterocycles. The topological polar surface area (TPSA) is 31.2 Å². The van der Waals surface area contributed by atoms with Crippen LogP contribution in [0.1, 0.15) is 34.3 Å². The molecule has 0 aromatic heterocycles. The van der Waals surface area contributed by atoms with Gasteiger partial charge in [-0.2, -0.15) is 0 Å². The molecule has 0 saturated carbocycles. The molecular formula is C66H46N4. The van der Waals surface area contributed by atoms with Gasteiger partial charge in [0.15, 0.2) is 0 Å². The van der Waals surface area contributed by atoms with Crippen LogP contribution in [0.4, 0.5) is 0 Å². The molecule has 0 radical (unpaired) electrons. The molecule has 0 amide bonds. The maximum Gasteiger partial charge on any atom is 0.141 e. The third kappa shape index (κ3) is 6.37. The van der Waals surface area contributed by atoms with E-state index in [-0.39, 0.29) is 24.4 Å². The highest BCUT2D eigenvalue weighted by atomic mass is 15.3. The molecule has 330 valence electrons. The van der Waals surface area contributed by atoms with Crippen molar-refractivity contribution in [2.24, 2.45) is 9.98 Å². The summed E-state index contributed by atoms with van der Waals surface area (Å²) in [5.41, 5.74) is 14.3. The summed E-state index contributed by atoms with van der Waals surface area (Å²) in [7, 11) is 0. The normalized spacial score (nSPS) is 19.0. The maximum absolute atomic E-state index is 5.30. The second-order valence-electron chi connectivity index (χ2n) is 18.7. The van der Waals surface area contributed by atoms with Crippen molar-refractivity contribution in [2.45, 2.75) is 24.4 Å². The largest absolute Gasteiger partial charge is 0.340 e. The summed E-state index contributed by atoms with van der Waals surface area (Å²) in [6.45, 7) is 0. The van der Waals surface area contributed by atoms with Gasteiger partial charge in [-0.1, -0.05) is 218 Å². The molecule has 14 rings (SSSR count). The second kappa shape index (κ2) is 16.4. The zero-order valence-electron chi connectivity index (χ0n) is 38.3. The molecule has 70 heavy (non-hydrogen) atoms. The van der Waals surface area contributed by atoms with Gasteiger partial charge in [0.25, 0.3) is 0 Å². The number of rotatable bonds is 7. The molecule has 0 bridgehead atoms. The molecule has 0 fully saturated rings. The Kier molecular flexibility index (Phi) is 9.44. The van der Waals surface area contributed by atoms with Gasteiger partial charge in [-0.25, -0.2) is 0 Å². The Bertz CT molecular complexity index is 3530. The quantitative estimate of drug-likeness (QED) is 0.149. The Labute approximate surface area is 407 Å². The highest BCUT2D eigenvalue weighted by molar-refractivity contribution is 6.30. The number of allylic oxidation sites excluding steroid dienone is 4. The van der Waals surface area contributed by atoms with Crippen molar-refractivity contribution in [3.63, 3.8) is 0 Å². The summed E-state index contributed by atoms with van der Waals surface area (Å²) in [4.78, 5) is 15.3. The van der Waals surface area contributed by atoms with Crippen LogP contribution >= 0.6 is 0 Å². The molecule has 4 atom stereocenters. The van der Waals surface area contributed by atoms with Gasteiger partial charge < -0.3 is 9.80 Å². The van der Waals surface area contributed by atoms with Gasteiger partial charge in [0.2, 0.25) is 0 Å². The molecule has 4 aliphatic rings. The van der Waals surface area contributed by atoms with Crippen molar-refractivity contribution in [3.05, 3.63) is 277 Å². The van der Waals surface area contributed by atoms with E-state index in [9.17, 15) is 0 Å². The molecule has 4 nitrogen and oxygen atoms in total. The minimum absolute atomic E-state index is 0.0172. The standard InChI is InChI=1S/C66H46N4/c1-3-19-47(20-4-1)65-63(67-57-31-15-17-41-69(57)65)45-37-33-43(34-38-45)59-49-23-7-11-27-53(49)61(54-28-12-8-24-50(54)59)62-55-29-13-9-25-51(55)60(52-26-10-14-30-56(52)62)44-35-39-46(40-36-44)64-66(48-21-5-2-6-22-48)70-42-18-16-32-58(70)68-64/h1-42,57-58,65-66H. The van der Waals surface area contributed by atoms with E-state index < -0.39 is 0 Å². The summed E-state index contributed by atoms with van der Waals surface area (Å²) >= 11 is 0. The van der Waals surface area contributed by atoms with Gasteiger partial charge in [-0.15, -0.1) is 0 Å². The predicted molar refractivity (Wildman–Crippen MR) is 292 cm³/mol. The SMILES string of the molecule is C1=CC2N=C(c3ccc(-c4c5ccccc5c(-c5c6ccccc6c(-c6ccc(C7=NC8C=CC=CN8C7c7ccccc7)cc6)c6ccccc56)c5ccccc45)cc3)C(c3ccccc3)N2C=C1. The lowest BCUT2D eigenvalue weighted by atomic mass is 9.81. The van der Waals surface area contributed by atoms with Crippen molar-refractivity contribution >= 4 is 54.5 Å². The van der Waals surface area contributed by atoms with Crippen LogP contribution in [-0.2, 0) is 0 Å². The van der Waals surface area contributed by atoms with Gasteiger partial charge in [-0.3, -0.25) is 9.98 Å². The van der Waals surface area contributed by atoms with E-state index in [1.54, 1.807) is 0 Å². The molecule has 0 saturated heterocycles. The Morgan fingerprint density at radius 1 is 0.271 bits per heavy atom. The summed E-state index contributed by atoms with van der Waals surface area (Å²) in [5, 5.41) is 9.87. The van der Waals surface area contributed by atoms with Gasteiger partial charge in [0.1, 0.15) is 12.3 Å². The first-order valence-electron chi connectivity index (χ1n) is 24.4. The van der Waals surface area contributed by atoms with Crippen molar-refractivity contribution < 1.29 is 0 Å². The van der Waals surface area contributed by atoms with E-state index in [0.717, 1.165) is 22.6 Å². The van der Waals surface area contributed by atoms with Crippen molar-refractivity contribution in [2.75, 3.05) is 0 Å². The zero-order chi connectivity index (χ0) is 46.1. The molecule has 10 aromatic rings. The number of hydrogen-bond acceptors (Lipinski definition) is 4. The molecule has 4 aliphatic heterocycles. The number of fused-ring (bicyclic) bond motifs is 6. The summed E-state index contributed by atoms with van der Waals surface area (Å²) in [6, 6.07) is 76.0. The minimum Gasteiger partial charge on any atom is -0.340 e. The first-order chi connectivity index (χ1) is 34.8. The van der Waals surface area contributed by atoms with Gasteiger partial charge in [-0.05, 0) is 123 Å². The Morgan fingerprint density at radius 3 is 0.886 bits per heavy atom. The van der Waals surface area contributed by atoms with Crippen LogP contribution in [0.5, 0.6) is 0 Å². The third-order valence-electron chi connectivity index (χ3n) is 14.9. The van der Waals surface area contributed by atoms with E-state index in [4.69, 9.17) is 9.98 Å². The minimum atomic E-state index is -0.0172. The Morgan fingerprint density at radius 2 is 0.557 bits per heavy atom. The Balaban J connectivity index is 0.910. The first-order valence-corrected chi connectivity index (χ1v) is 24.4. The van der Waals surface area contributed by atoms with Crippen LogP contribution < -0.4 is 0 Å². The molecule has 0 N–H and O–H groups in total. The van der Waals surface area contributed by atoms with Crippen molar-refractivity contribution in [3.8, 4) is 33.4 Å². The number of nitrogens with zero attached hydrogens (tertiary/aromatic N) is 4. The highest BCUT2D eigenvalue weighted by Gasteiger charge is 2.37. The van der Waals surface area contributed by atoms with Crippen LogP contribution in [0.2, 0.25) is 0 Å². The van der Waals surface area contributed by atoms with Gasteiger partial charge in [0, 0.05) is 12.4 Å². The fourth-order valence-electron chi connectivity index (χ4n) is 11.8. The molecule has 4 heteroatoms. The van der Waals surface area contributed by atoms with E-state index in [0.29, 0.717) is 0 Å². The fraction of sp³-hybridized carbons (Fsp3) is 0.0606. The average Bonchev–Trinajstić information content (AvgIpc) is 4.02. The number of benzene rings is 10.